The SMILES string of the molecule is O=C(CSCc1cccc(Br)c1)N/N=C\c1ccc(Oc2ccccc2)cc1. The van der Waals surface area contributed by atoms with E-state index in [1.54, 1.807) is 18.0 Å². The lowest BCUT2D eigenvalue weighted by molar-refractivity contribution is -0.118. The Labute approximate surface area is 177 Å². The van der Waals surface area contributed by atoms with Crippen LogP contribution in [0.3, 0.4) is 0 Å². The summed E-state index contributed by atoms with van der Waals surface area (Å²) in [4.78, 5) is 11.9. The standard InChI is InChI=1S/C22H19BrN2O2S/c23-19-6-4-5-18(13-19)15-28-16-22(26)25-24-14-17-9-11-21(12-10-17)27-20-7-2-1-3-8-20/h1-14H,15-16H2,(H,25,26)/b24-14-. The number of thioether (sulfide) groups is 1. The van der Waals surface area contributed by atoms with Crippen LogP contribution in [-0.2, 0) is 10.5 Å². The van der Waals surface area contributed by atoms with Crippen LogP contribution in [0.5, 0.6) is 11.5 Å². The summed E-state index contributed by atoms with van der Waals surface area (Å²) in [7, 11) is 0. The second-order valence-electron chi connectivity index (χ2n) is 5.90. The maximum Gasteiger partial charge on any atom is 0.250 e. The van der Waals surface area contributed by atoms with Crippen LogP contribution in [0.4, 0.5) is 0 Å². The number of para-hydroxylation sites is 1. The van der Waals surface area contributed by atoms with Crippen molar-refractivity contribution in [3.63, 3.8) is 0 Å². The van der Waals surface area contributed by atoms with E-state index in [0.717, 1.165) is 27.3 Å². The average molecular weight is 455 g/mol. The number of rotatable bonds is 8. The predicted octanol–water partition coefficient (Wildman–Crippen LogP) is 5.62. The lowest BCUT2D eigenvalue weighted by atomic mass is 10.2. The van der Waals surface area contributed by atoms with Gasteiger partial charge >= 0.3 is 0 Å². The lowest BCUT2D eigenvalue weighted by Crippen LogP contribution is -2.19. The first-order valence-corrected chi connectivity index (χ1v) is 10.6. The van der Waals surface area contributed by atoms with E-state index in [-0.39, 0.29) is 5.91 Å². The van der Waals surface area contributed by atoms with Crippen molar-refractivity contribution in [3.8, 4) is 11.5 Å². The highest BCUT2D eigenvalue weighted by molar-refractivity contribution is 9.10. The molecule has 3 aromatic rings. The maximum atomic E-state index is 11.9. The van der Waals surface area contributed by atoms with Gasteiger partial charge in [0, 0.05) is 10.2 Å². The van der Waals surface area contributed by atoms with Crippen molar-refractivity contribution in [2.45, 2.75) is 5.75 Å². The minimum atomic E-state index is -0.125. The van der Waals surface area contributed by atoms with Gasteiger partial charge in [-0.2, -0.15) is 5.10 Å². The molecule has 3 rings (SSSR count). The van der Waals surface area contributed by atoms with E-state index in [0.29, 0.717) is 5.75 Å². The van der Waals surface area contributed by atoms with Gasteiger partial charge in [0.1, 0.15) is 11.5 Å². The van der Waals surface area contributed by atoms with Crippen molar-refractivity contribution in [2.24, 2.45) is 5.10 Å². The molecule has 4 nitrogen and oxygen atoms in total. The first kappa shape index (κ1) is 20.2. The Morgan fingerprint density at radius 3 is 2.50 bits per heavy atom. The number of hydrogen-bond donors (Lipinski definition) is 1. The minimum absolute atomic E-state index is 0.125. The van der Waals surface area contributed by atoms with E-state index in [4.69, 9.17) is 4.74 Å². The molecule has 0 saturated heterocycles. The summed E-state index contributed by atoms with van der Waals surface area (Å²) in [5.74, 6) is 2.54. The molecule has 0 bridgehead atoms. The first-order chi connectivity index (χ1) is 13.7. The highest BCUT2D eigenvalue weighted by atomic mass is 79.9. The molecule has 0 aliphatic carbocycles. The molecule has 0 spiro atoms. The molecule has 142 valence electrons. The van der Waals surface area contributed by atoms with Crippen molar-refractivity contribution >= 4 is 39.8 Å². The van der Waals surface area contributed by atoms with Crippen molar-refractivity contribution in [1.29, 1.82) is 0 Å². The van der Waals surface area contributed by atoms with Gasteiger partial charge < -0.3 is 4.74 Å². The number of benzene rings is 3. The Morgan fingerprint density at radius 1 is 1.00 bits per heavy atom. The number of carbonyl (C=O) groups excluding carboxylic acids is 1. The van der Waals surface area contributed by atoms with Crippen LogP contribution in [0.2, 0.25) is 0 Å². The zero-order valence-corrected chi connectivity index (χ0v) is 17.4. The summed E-state index contributed by atoms with van der Waals surface area (Å²) in [5.41, 5.74) is 4.60. The van der Waals surface area contributed by atoms with Crippen LogP contribution in [0.25, 0.3) is 0 Å². The Balaban J connectivity index is 1.40. The van der Waals surface area contributed by atoms with E-state index in [2.05, 4.69) is 26.5 Å². The number of halogens is 1. The topological polar surface area (TPSA) is 50.7 Å². The third-order valence-corrected chi connectivity index (χ3v) is 5.15. The predicted molar refractivity (Wildman–Crippen MR) is 119 cm³/mol. The fourth-order valence-electron chi connectivity index (χ4n) is 2.35. The van der Waals surface area contributed by atoms with Gasteiger partial charge in [0.2, 0.25) is 5.91 Å². The Hall–Kier alpha value is -2.57. The van der Waals surface area contributed by atoms with Crippen LogP contribution >= 0.6 is 27.7 Å². The minimum Gasteiger partial charge on any atom is -0.457 e. The molecule has 3 aromatic carbocycles. The Morgan fingerprint density at radius 2 is 1.75 bits per heavy atom. The number of nitrogens with zero attached hydrogens (tertiary/aromatic N) is 1. The van der Waals surface area contributed by atoms with Gasteiger partial charge in [0.15, 0.2) is 0 Å². The van der Waals surface area contributed by atoms with Crippen LogP contribution < -0.4 is 10.2 Å². The Kier molecular flexibility index (Phi) is 7.70. The molecule has 0 heterocycles. The summed E-state index contributed by atoms with van der Waals surface area (Å²) in [6.45, 7) is 0. The molecule has 1 N–H and O–H groups in total. The first-order valence-electron chi connectivity index (χ1n) is 8.66. The zero-order chi connectivity index (χ0) is 19.6. The van der Waals surface area contributed by atoms with Gasteiger partial charge in [-0.1, -0.05) is 46.3 Å². The highest BCUT2D eigenvalue weighted by Gasteiger charge is 2.01. The molecular weight excluding hydrogens is 436 g/mol. The van der Waals surface area contributed by atoms with Gasteiger partial charge in [-0.05, 0) is 59.7 Å². The number of carbonyl (C=O) groups is 1. The van der Waals surface area contributed by atoms with E-state index >= 15 is 0 Å². The molecule has 0 aliphatic heterocycles. The Bertz CT molecular complexity index is 931. The number of hydrazone groups is 1. The summed E-state index contributed by atoms with van der Waals surface area (Å²) < 4.78 is 6.79. The third kappa shape index (κ3) is 6.87. The highest BCUT2D eigenvalue weighted by Crippen LogP contribution is 2.20. The number of nitrogens with one attached hydrogen (secondary N) is 1. The van der Waals surface area contributed by atoms with Crippen LogP contribution in [-0.4, -0.2) is 17.9 Å². The fourth-order valence-corrected chi connectivity index (χ4v) is 3.56. The van der Waals surface area contributed by atoms with Gasteiger partial charge in [-0.3, -0.25) is 4.79 Å². The van der Waals surface area contributed by atoms with Crippen molar-refractivity contribution in [1.82, 2.24) is 5.43 Å². The molecule has 0 aliphatic rings. The van der Waals surface area contributed by atoms with Crippen molar-refractivity contribution < 1.29 is 9.53 Å². The van der Waals surface area contributed by atoms with Gasteiger partial charge in [-0.15, -0.1) is 11.8 Å². The molecule has 6 heteroatoms. The largest absolute Gasteiger partial charge is 0.457 e. The second kappa shape index (κ2) is 10.7. The summed E-state index contributed by atoms with van der Waals surface area (Å²) in [5, 5.41) is 4.01. The van der Waals surface area contributed by atoms with Crippen LogP contribution in [0.1, 0.15) is 11.1 Å². The summed E-state index contributed by atoms with van der Waals surface area (Å²) in [6, 6.07) is 25.2. The smallest absolute Gasteiger partial charge is 0.250 e. The molecule has 1 amide bonds. The molecule has 0 unspecified atom stereocenters. The lowest BCUT2D eigenvalue weighted by Gasteiger charge is -2.05. The average Bonchev–Trinajstić information content (AvgIpc) is 2.70. The third-order valence-electron chi connectivity index (χ3n) is 3.65. The maximum absolute atomic E-state index is 11.9. The van der Waals surface area contributed by atoms with E-state index < -0.39 is 0 Å². The van der Waals surface area contributed by atoms with Crippen molar-refractivity contribution in [2.75, 3.05) is 5.75 Å². The second-order valence-corrected chi connectivity index (χ2v) is 7.80. The van der Waals surface area contributed by atoms with E-state index in [9.17, 15) is 4.79 Å². The molecule has 0 fully saturated rings. The van der Waals surface area contributed by atoms with Gasteiger partial charge in [0.05, 0.1) is 12.0 Å². The quantitative estimate of drug-likeness (QED) is 0.354. The normalized spacial score (nSPS) is 10.8. The molecule has 0 aromatic heterocycles. The van der Waals surface area contributed by atoms with Crippen molar-refractivity contribution in [3.05, 3.63) is 94.5 Å². The summed E-state index contributed by atoms with van der Waals surface area (Å²) >= 11 is 4.99. The zero-order valence-electron chi connectivity index (χ0n) is 15.0. The monoisotopic (exact) mass is 454 g/mol. The van der Waals surface area contributed by atoms with Gasteiger partial charge in [0.25, 0.3) is 0 Å². The number of amides is 1. The molecule has 0 radical (unpaired) electrons. The van der Waals surface area contributed by atoms with Gasteiger partial charge in [-0.25, -0.2) is 5.43 Å². The fraction of sp³-hybridized carbons (Fsp3) is 0.0909. The number of ether oxygens (including phenoxy) is 1. The molecule has 28 heavy (non-hydrogen) atoms. The molecule has 0 atom stereocenters. The molecule has 0 saturated carbocycles. The van der Waals surface area contributed by atoms with Crippen LogP contribution in [0, 0.1) is 0 Å². The van der Waals surface area contributed by atoms with E-state index in [1.807, 2.05) is 78.9 Å². The number of hydrogen-bond acceptors (Lipinski definition) is 4. The van der Waals surface area contributed by atoms with Crippen LogP contribution in [0.15, 0.2) is 88.4 Å². The summed E-state index contributed by atoms with van der Waals surface area (Å²) in [6.07, 6.45) is 1.61. The molecular formula is C22H19BrN2O2S. The van der Waals surface area contributed by atoms with E-state index in [1.165, 1.54) is 5.56 Å².